The van der Waals surface area contributed by atoms with Crippen LogP contribution in [0, 0.1) is 41.4 Å². The van der Waals surface area contributed by atoms with Crippen LogP contribution in [0.25, 0.3) is 0 Å². The van der Waals surface area contributed by atoms with E-state index in [2.05, 4.69) is 21.3 Å². The summed E-state index contributed by atoms with van der Waals surface area (Å²) < 4.78 is 5.62. The minimum absolute atomic E-state index is 0.00801. The van der Waals surface area contributed by atoms with Crippen LogP contribution in [0.3, 0.4) is 0 Å². The van der Waals surface area contributed by atoms with Crippen LogP contribution in [0.4, 0.5) is 0 Å². The van der Waals surface area contributed by atoms with Gasteiger partial charge in [0.1, 0.15) is 60.4 Å². The van der Waals surface area contributed by atoms with Gasteiger partial charge in [-0.2, -0.15) is 0 Å². The second-order valence-electron chi connectivity index (χ2n) is 25.5. The molecule has 0 radical (unpaired) electrons. The van der Waals surface area contributed by atoms with Crippen molar-refractivity contribution < 1.29 is 62.6 Å². The van der Waals surface area contributed by atoms with Gasteiger partial charge in [0.25, 0.3) is 0 Å². The Kier molecular flexibility index (Phi) is 31.1. The molecule has 1 saturated heterocycles. The van der Waals surface area contributed by atoms with E-state index in [0.29, 0.717) is 0 Å². The average Bonchev–Trinajstić information content (AvgIpc) is 3.42. The number of hydrogen-bond donors (Lipinski definition) is 5. The van der Waals surface area contributed by atoms with E-state index in [0.717, 1.165) is 9.80 Å². The van der Waals surface area contributed by atoms with E-state index in [1.807, 2.05) is 41.5 Å². The molecule has 482 valence electrons. The molecule has 0 aromatic heterocycles. The van der Waals surface area contributed by atoms with Crippen molar-refractivity contribution in [3.05, 3.63) is 0 Å². The molecule has 24 nitrogen and oxygen atoms in total. The van der Waals surface area contributed by atoms with E-state index < -0.39 is 162 Å². The van der Waals surface area contributed by atoms with E-state index in [9.17, 15) is 48.3 Å². The maximum atomic E-state index is 15.1. The number of amides is 11. The summed E-state index contributed by atoms with van der Waals surface area (Å²) in [5, 5.41) is 22.9. The first-order valence-corrected chi connectivity index (χ1v) is 30.0. The van der Waals surface area contributed by atoms with Crippen LogP contribution >= 0.6 is 0 Å². The van der Waals surface area contributed by atoms with Crippen molar-refractivity contribution in [3.8, 4) is 0 Å². The van der Waals surface area contributed by atoms with Gasteiger partial charge in [-0.1, -0.05) is 96.9 Å². The number of rotatable bonds is 15. The first kappa shape index (κ1) is 76.1. The highest BCUT2D eigenvalue weighted by Crippen LogP contribution is 2.25. The third-order valence-corrected chi connectivity index (χ3v) is 15.8. The predicted octanol–water partition coefficient (Wildman–Crippen LogP) is 1.95. The Morgan fingerprint density at radius 1 is 0.452 bits per heavy atom. The number of aliphatic hydroxyl groups is 1. The van der Waals surface area contributed by atoms with Crippen LogP contribution in [0.1, 0.15) is 143 Å². The third-order valence-electron chi connectivity index (χ3n) is 15.8. The van der Waals surface area contributed by atoms with Crippen molar-refractivity contribution in [1.82, 2.24) is 55.6 Å². The number of aliphatic hydroxyl groups excluding tert-OH is 1. The maximum absolute atomic E-state index is 15.1. The molecular formula is C60H109N11O13. The first-order valence-electron chi connectivity index (χ1n) is 30.0. The molecule has 0 aliphatic carbocycles. The Morgan fingerprint density at radius 2 is 0.881 bits per heavy atom. The van der Waals surface area contributed by atoms with Gasteiger partial charge < -0.3 is 65.4 Å². The standard InChI is InChI=1S/C60H109N11O13/c1-25-41-56(79)65(18)30-45(72)69(22)47(36(11)12)53(76)64-46(35(9)10)59(82)66(19)42(27-32(3)4)52(75)61-39(16)51(74)62-40(17)55(78)67(20)43(28-33(5)6)57(80)68(21)44(29-34(7)8)58(81)70(23)48(37(13)14)60(83)71(24)49(54(77)63-41)50(73)38(15)31-84-26-2/h32-44,46-50,73H,25-31H2,1-24H3,(H,61,75)(H,62,74)(H,63,77)(H,64,76)/t38-,39+,40-,41+,42+,43+,44+,46+,47+,48+,49+,50-/m1/s1. The summed E-state index contributed by atoms with van der Waals surface area (Å²) in [5.74, 6) is -10.4. The third kappa shape index (κ3) is 20.7. The second kappa shape index (κ2) is 34.3. The number of ether oxygens (including phenoxy) is 1. The van der Waals surface area contributed by atoms with Gasteiger partial charge in [-0.25, -0.2) is 0 Å². The molecule has 0 aromatic rings. The highest BCUT2D eigenvalue weighted by Gasteiger charge is 2.46. The van der Waals surface area contributed by atoms with Gasteiger partial charge in [0.2, 0.25) is 65.0 Å². The second-order valence-corrected chi connectivity index (χ2v) is 25.5. The quantitative estimate of drug-likeness (QED) is 0.157. The maximum Gasteiger partial charge on any atom is 0.246 e. The summed E-state index contributed by atoms with van der Waals surface area (Å²) >= 11 is 0. The van der Waals surface area contributed by atoms with Crippen molar-refractivity contribution >= 4 is 65.0 Å². The molecule has 1 fully saturated rings. The molecular weight excluding hydrogens is 1080 g/mol. The van der Waals surface area contributed by atoms with Crippen LogP contribution in [0.5, 0.6) is 0 Å². The van der Waals surface area contributed by atoms with Crippen LogP contribution < -0.4 is 21.3 Å². The van der Waals surface area contributed by atoms with Gasteiger partial charge in [0, 0.05) is 61.9 Å². The van der Waals surface area contributed by atoms with E-state index >= 15 is 9.59 Å². The molecule has 0 aromatic carbocycles. The zero-order chi connectivity index (χ0) is 65.3. The fourth-order valence-electron chi connectivity index (χ4n) is 10.6. The van der Waals surface area contributed by atoms with Crippen LogP contribution in [-0.2, 0) is 57.5 Å². The van der Waals surface area contributed by atoms with Gasteiger partial charge in [-0.05, 0) is 82.0 Å². The van der Waals surface area contributed by atoms with E-state index in [-0.39, 0.29) is 56.7 Å². The van der Waals surface area contributed by atoms with Crippen molar-refractivity contribution in [3.63, 3.8) is 0 Å². The number of carbonyl (C=O) groups is 11. The van der Waals surface area contributed by atoms with Crippen molar-refractivity contribution in [1.29, 1.82) is 0 Å². The summed E-state index contributed by atoms with van der Waals surface area (Å²) in [6.45, 7) is 29.1. The summed E-state index contributed by atoms with van der Waals surface area (Å²) in [7, 11) is 9.82. The molecule has 0 unspecified atom stereocenters. The molecule has 24 heteroatoms. The zero-order valence-corrected chi connectivity index (χ0v) is 55.3. The van der Waals surface area contributed by atoms with Gasteiger partial charge in [0.05, 0.1) is 19.3 Å². The number of nitrogens with one attached hydrogen (secondary N) is 4. The van der Waals surface area contributed by atoms with Gasteiger partial charge >= 0.3 is 0 Å². The Hall–Kier alpha value is -5.91. The van der Waals surface area contributed by atoms with E-state index in [1.165, 1.54) is 87.7 Å². The Labute approximate surface area is 501 Å². The Morgan fingerprint density at radius 3 is 1.33 bits per heavy atom. The molecule has 1 rings (SSSR count). The highest BCUT2D eigenvalue weighted by atomic mass is 16.5. The SMILES string of the molecule is CCOC[C@@H](C)[C@@H](O)[C@H]1C(=O)N[C@@H](CC)C(=O)N(C)CC(=O)N(C)[C@@H](C(C)C)C(=O)N[C@@H](C(C)C)C(=O)N(C)[C@@H](CC(C)C)C(=O)N[C@@H](C)C(=O)N[C@H](C)C(=O)N(C)[C@@H](CC(C)C)C(=O)N(C)[C@@H](CC(C)C)C(=O)N(C)[C@@H](C(C)C)C(=O)N1C. The highest BCUT2D eigenvalue weighted by molar-refractivity contribution is 5.99. The largest absolute Gasteiger partial charge is 0.390 e. The van der Waals surface area contributed by atoms with Crippen molar-refractivity contribution in [2.75, 3.05) is 69.1 Å². The van der Waals surface area contributed by atoms with Crippen LogP contribution in [0.15, 0.2) is 0 Å². The number of carbonyl (C=O) groups excluding carboxylic acids is 11. The molecule has 0 bridgehead atoms. The van der Waals surface area contributed by atoms with Gasteiger partial charge in [-0.15, -0.1) is 0 Å². The summed E-state index contributed by atoms with van der Waals surface area (Å²) in [5.41, 5.74) is 0. The molecule has 1 heterocycles. The van der Waals surface area contributed by atoms with Crippen molar-refractivity contribution in [2.45, 2.75) is 210 Å². The number of hydrogen-bond acceptors (Lipinski definition) is 13. The fraction of sp³-hybridized carbons (Fsp3) is 0.817. The first-order chi connectivity index (χ1) is 38.7. The van der Waals surface area contributed by atoms with Crippen molar-refractivity contribution in [2.24, 2.45) is 41.4 Å². The molecule has 1 aliphatic rings. The lowest BCUT2D eigenvalue weighted by Crippen LogP contribution is -2.63. The molecule has 84 heavy (non-hydrogen) atoms. The molecule has 12 atom stereocenters. The minimum atomic E-state index is -1.66. The topological polar surface area (TPSA) is 288 Å². The smallest absolute Gasteiger partial charge is 0.246 e. The predicted molar refractivity (Wildman–Crippen MR) is 321 cm³/mol. The van der Waals surface area contributed by atoms with Crippen LogP contribution in [0.2, 0.25) is 0 Å². The lowest BCUT2D eigenvalue weighted by atomic mass is 9.93. The molecule has 1 aliphatic heterocycles. The molecule has 0 spiro atoms. The Bertz CT molecular complexity index is 2260. The Balaban J connectivity index is 4.29. The van der Waals surface area contributed by atoms with E-state index in [1.54, 1.807) is 62.3 Å². The monoisotopic (exact) mass is 1190 g/mol. The molecule has 5 N–H and O–H groups in total. The normalized spacial score (nSPS) is 27.0. The number of likely N-dealkylation sites (N-methyl/N-ethyl adjacent to an activating group) is 7. The van der Waals surface area contributed by atoms with E-state index in [4.69, 9.17) is 4.74 Å². The summed E-state index contributed by atoms with van der Waals surface area (Å²) in [6, 6.07) is -12.5. The minimum Gasteiger partial charge on any atom is -0.390 e. The average molecular weight is 1190 g/mol. The van der Waals surface area contributed by atoms with Crippen LogP contribution in [-0.4, -0.2) is 240 Å². The number of nitrogens with zero attached hydrogens (tertiary/aromatic N) is 7. The summed E-state index contributed by atoms with van der Waals surface area (Å²) in [4.78, 5) is 168. The van der Waals surface area contributed by atoms with Gasteiger partial charge in [0.15, 0.2) is 0 Å². The zero-order valence-electron chi connectivity index (χ0n) is 55.3. The lowest BCUT2D eigenvalue weighted by molar-refractivity contribution is -0.157. The molecule has 0 saturated carbocycles. The van der Waals surface area contributed by atoms with Gasteiger partial charge in [-0.3, -0.25) is 52.7 Å². The molecule has 11 amide bonds. The summed E-state index contributed by atoms with van der Waals surface area (Å²) in [6.07, 6.45) is -1.12. The lowest BCUT2D eigenvalue weighted by Gasteiger charge is -2.41. The fourth-order valence-corrected chi connectivity index (χ4v) is 10.6.